The van der Waals surface area contributed by atoms with Crippen molar-refractivity contribution in [1.29, 1.82) is 0 Å². The Morgan fingerprint density at radius 2 is 1.46 bits per heavy atom. The van der Waals surface area contributed by atoms with Crippen LogP contribution in [-0.2, 0) is 32.6 Å². The number of fused-ring (bicyclic) bond motifs is 1. The SMILES string of the molecule is CC(C)NC(=O)[C@H](Cc1ccccc1)N(Cc1ccc(Br)cc1)C(=O)CN(c1ccc2c(c1)OCCO2)S(=O)(=O)c1ccccc1. The van der Waals surface area contributed by atoms with E-state index in [9.17, 15) is 18.0 Å². The zero-order chi connectivity index (χ0) is 32.7. The number of ether oxygens (including phenoxy) is 2. The first-order valence-electron chi connectivity index (χ1n) is 15.0. The third-order valence-electron chi connectivity index (χ3n) is 7.39. The van der Waals surface area contributed by atoms with Crippen LogP contribution in [0, 0.1) is 0 Å². The van der Waals surface area contributed by atoms with Crippen molar-refractivity contribution in [2.24, 2.45) is 0 Å². The molecule has 1 N–H and O–H groups in total. The highest BCUT2D eigenvalue weighted by Gasteiger charge is 2.35. The summed E-state index contributed by atoms with van der Waals surface area (Å²) in [7, 11) is -4.23. The quantitative estimate of drug-likeness (QED) is 0.206. The molecule has 0 saturated carbocycles. The summed E-state index contributed by atoms with van der Waals surface area (Å²) in [5.74, 6) is -0.00348. The molecule has 1 aliphatic heterocycles. The molecular formula is C35H36BrN3O6S. The minimum absolute atomic E-state index is 0.0236. The van der Waals surface area contributed by atoms with E-state index < -0.39 is 28.5 Å². The molecule has 0 spiro atoms. The lowest BCUT2D eigenvalue weighted by molar-refractivity contribution is -0.140. The van der Waals surface area contributed by atoms with E-state index in [1.807, 2.05) is 68.4 Å². The van der Waals surface area contributed by atoms with Crippen LogP contribution in [0.5, 0.6) is 11.5 Å². The van der Waals surface area contributed by atoms with Crippen LogP contribution < -0.4 is 19.1 Å². The molecule has 0 radical (unpaired) electrons. The average molecular weight is 707 g/mol. The van der Waals surface area contributed by atoms with Gasteiger partial charge in [-0.25, -0.2) is 8.42 Å². The van der Waals surface area contributed by atoms with Crippen LogP contribution in [0.15, 0.2) is 112 Å². The van der Waals surface area contributed by atoms with E-state index in [1.165, 1.54) is 17.0 Å². The maximum Gasteiger partial charge on any atom is 0.264 e. The van der Waals surface area contributed by atoms with Crippen molar-refractivity contribution in [1.82, 2.24) is 10.2 Å². The lowest BCUT2D eigenvalue weighted by atomic mass is 10.0. The summed E-state index contributed by atoms with van der Waals surface area (Å²) in [5.41, 5.74) is 1.88. The minimum atomic E-state index is -4.23. The van der Waals surface area contributed by atoms with Gasteiger partial charge in [0.05, 0.1) is 10.6 Å². The maximum atomic E-state index is 14.6. The summed E-state index contributed by atoms with van der Waals surface area (Å²) in [6, 6.07) is 28.5. The summed E-state index contributed by atoms with van der Waals surface area (Å²) in [4.78, 5) is 29.9. The molecule has 46 heavy (non-hydrogen) atoms. The van der Waals surface area contributed by atoms with Gasteiger partial charge in [-0.05, 0) is 61.4 Å². The molecule has 1 aliphatic rings. The van der Waals surface area contributed by atoms with E-state index in [4.69, 9.17) is 9.47 Å². The van der Waals surface area contributed by atoms with E-state index in [0.717, 1.165) is 19.9 Å². The zero-order valence-corrected chi connectivity index (χ0v) is 28.0. The number of amides is 2. The van der Waals surface area contributed by atoms with Gasteiger partial charge in [-0.1, -0.05) is 76.6 Å². The number of hydrogen-bond acceptors (Lipinski definition) is 6. The Bertz CT molecular complexity index is 1750. The first-order chi connectivity index (χ1) is 22.1. The number of benzene rings is 4. The van der Waals surface area contributed by atoms with Crippen LogP contribution in [-0.4, -0.2) is 57.0 Å². The Morgan fingerprint density at radius 3 is 2.11 bits per heavy atom. The van der Waals surface area contributed by atoms with Crippen LogP contribution in [0.25, 0.3) is 0 Å². The number of hydrogen-bond donors (Lipinski definition) is 1. The molecule has 0 fully saturated rings. The highest BCUT2D eigenvalue weighted by Crippen LogP contribution is 2.36. The molecule has 5 rings (SSSR count). The molecule has 9 nitrogen and oxygen atoms in total. The van der Waals surface area contributed by atoms with Gasteiger partial charge in [-0.3, -0.25) is 13.9 Å². The summed E-state index contributed by atoms with van der Waals surface area (Å²) >= 11 is 3.46. The summed E-state index contributed by atoms with van der Waals surface area (Å²) in [6.07, 6.45) is 0.233. The van der Waals surface area contributed by atoms with Gasteiger partial charge in [0.15, 0.2) is 11.5 Å². The lowest BCUT2D eigenvalue weighted by Crippen LogP contribution is -2.54. The molecule has 0 aliphatic carbocycles. The van der Waals surface area contributed by atoms with Crippen LogP contribution >= 0.6 is 15.9 Å². The van der Waals surface area contributed by atoms with E-state index in [1.54, 1.807) is 36.4 Å². The van der Waals surface area contributed by atoms with Gasteiger partial charge in [-0.15, -0.1) is 0 Å². The molecular weight excluding hydrogens is 670 g/mol. The molecule has 0 bridgehead atoms. The van der Waals surface area contributed by atoms with Crippen LogP contribution in [0.3, 0.4) is 0 Å². The molecule has 4 aromatic carbocycles. The van der Waals surface area contributed by atoms with Crippen molar-refractivity contribution in [2.45, 2.75) is 43.8 Å². The normalized spacial score (nSPS) is 13.1. The standard InChI is InChI=1S/C35H36BrN3O6S/c1-25(2)37-35(41)31(21-26-9-5-3-6-10-26)38(23-27-13-15-28(36)16-14-27)34(40)24-39(46(42,43)30-11-7-4-8-12-30)29-17-18-32-33(22-29)45-20-19-44-32/h3-18,22,25,31H,19-21,23-24H2,1-2H3,(H,37,41)/t31-/m0/s1. The first kappa shape index (κ1) is 33.0. The number of halogens is 1. The van der Waals surface area contributed by atoms with Gasteiger partial charge in [0.2, 0.25) is 11.8 Å². The molecule has 240 valence electrons. The second-order valence-electron chi connectivity index (χ2n) is 11.2. The van der Waals surface area contributed by atoms with Crippen LogP contribution in [0.4, 0.5) is 5.69 Å². The number of anilines is 1. The topological polar surface area (TPSA) is 105 Å². The Labute approximate surface area is 278 Å². The first-order valence-corrected chi connectivity index (χ1v) is 17.2. The number of rotatable bonds is 12. The predicted molar refractivity (Wildman–Crippen MR) is 180 cm³/mol. The fourth-order valence-electron chi connectivity index (χ4n) is 5.16. The van der Waals surface area contributed by atoms with Gasteiger partial charge < -0.3 is 19.7 Å². The monoisotopic (exact) mass is 705 g/mol. The number of nitrogens with zero attached hydrogens (tertiary/aromatic N) is 2. The number of carbonyl (C=O) groups excluding carboxylic acids is 2. The fourth-order valence-corrected chi connectivity index (χ4v) is 6.85. The summed E-state index contributed by atoms with van der Waals surface area (Å²) in [6.45, 7) is 3.92. The number of sulfonamides is 1. The molecule has 11 heteroatoms. The van der Waals surface area contributed by atoms with E-state index in [-0.39, 0.29) is 35.5 Å². The largest absolute Gasteiger partial charge is 0.486 e. The fraction of sp³-hybridized carbons (Fsp3) is 0.257. The van der Waals surface area contributed by atoms with Gasteiger partial charge in [0.1, 0.15) is 25.8 Å². The molecule has 4 aromatic rings. The van der Waals surface area contributed by atoms with Gasteiger partial charge >= 0.3 is 0 Å². The molecule has 0 aromatic heterocycles. The van der Waals surface area contributed by atoms with Crippen LogP contribution in [0.1, 0.15) is 25.0 Å². The van der Waals surface area contributed by atoms with E-state index in [2.05, 4.69) is 21.2 Å². The zero-order valence-electron chi connectivity index (χ0n) is 25.6. The Balaban J connectivity index is 1.58. The second-order valence-corrected chi connectivity index (χ2v) is 13.9. The second kappa shape index (κ2) is 14.8. The highest BCUT2D eigenvalue weighted by molar-refractivity contribution is 9.10. The third-order valence-corrected chi connectivity index (χ3v) is 9.71. The highest BCUT2D eigenvalue weighted by atomic mass is 79.9. The van der Waals surface area contributed by atoms with Crippen molar-refractivity contribution in [3.8, 4) is 11.5 Å². The van der Waals surface area contributed by atoms with Crippen molar-refractivity contribution < 1.29 is 27.5 Å². The van der Waals surface area contributed by atoms with Crippen molar-refractivity contribution in [2.75, 3.05) is 24.1 Å². The van der Waals surface area contributed by atoms with Crippen LogP contribution in [0.2, 0.25) is 0 Å². The van der Waals surface area contributed by atoms with Crippen molar-refractivity contribution in [3.63, 3.8) is 0 Å². The average Bonchev–Trinajstić information content (AvgIpc) is 3.06. The molecule has 0 unspecified atom stereocenters. The predicted octanol–water partition coefficient (Wildman–Crippen LogP) is 5.58. The Morgan fingerprint density at radius 1 is 0.826 bits per heavy atom. The number of carbonyl (C=O) groups is 2. The molecule has 2 amide bonds. The van der Waals surface area contributed by atoms with Gasteiger partial charge in [-0.2, -0.15) is 0 Å². The Hall–Kier alpha value is -4.35. The Kier molecular flexibility index (Phi) is 10.6. The molecule has 1 heterocycles. The number of nitrogens with one attached hydrogen (secondary N) is 1. The minimum Gasteiger partial charge on any atom is -0.486 e. The third kappa shape index (κ3) is 8.07. The lowest BCUT2D eigenvalue weighted by Gasteiger charge is -2.34. The molecule has 1 atom stereocenters. The molecule has 0 saturated heterocycles. The smallest absolute Gasteiger partial charge is 0.264 e. The van der Waals surface area contributed by atoms with Crippen molar-refractivity contribution >= 4 is 43.5 Å². The van der Waals surface area contributed by atoms with Gasteiger partial charge in [0.25, 0.3) is 10.0 Å². The summed E-state index contributed by atoms with van der Waals surface area (Å²) < 4.78 is 41.7. The van der Waals surface area contributed by atoms with Crippen molar-refractivity contribution in [3.05, 3.63) is 119 Å². The maximum absolute atomic E-state index is 14.6. The van der Waals surface area contributed by atoms with Gasteiger partial charge in [0, 0.05) is 29.5 Å². The van der Waals surface area contributed by atoms with E-state index >= 15 is 0 Å². The van der Waals surface area contributed by atoms with E-state index in [0.29, 0.717) is 24.7 Å². The summed E-state index contributed by atoms with van der Waals surface area (Å²) in [5, 5.41) is 2.97.